The second-order valence-electron chi connectivity index (χ2n) is 4.45. The van der Waals surface area contributed by atoms with Gasteiger partial charge in [-0.2, -0.15) is 0 Å². The molecule has 0 aliphatic heterocycles. The summed E-state index contributed by atoms with van der Waals surface area (Å²) in [7, 11) is 1.32. The molecule has 0 aliphatic carbocycles. The lowest BCUT2D eigenvalue weighted by Crippen LogP contribution is -2.09. The summed E-state index contributed by atoms with van der Waals surface area (Å²) in [6, 6.07) is 8.70. The number of pyridine rings is 1. The van der Waals surface area contributed by atoms with Crippen molar-refractivity contribution in [2.75, 3.05) is 12.4 Å². The van der Waals surface area contributed by atoms with Gasteiger partial charge in [-0.05, 0) is 36.8 Å². The number of carbonyl (C=O) groups is 1. The summed E-state index contributed by atoms with van der Waals surface area (Å²) in [6.07, 6.45) is 1.55. The van der Waals surface area contributed by atoms with E-state index < -0.39 is 5.97 Å². The molecule has 1 atom stereocenters. The Morgan fingerprint density at radius 1 is 1.29 bits per heavy atom. The van der Waals surface area contributed by atoms with Crippen LogP contribution < -0.4 is 5.32 Å². The third kappa shape index (κ3) is 3.86. The topological polar surface area (TPSA) is 51.2 Å². The molecule has 0 fully saturated rings. The third-order valence-electron chi connectivity index (χ3n) is 2.97. The minimum atomic E-state index is -0.476. The van der Waals surface area contributed by atoms with E-state index in [1.165, 1.54) is 7.11 Å². The van der Waals surface area contributed by atoms with Gasteiger partial charge in [0.15, 0.2) is 0 Å². The van der Waals surface area contributed by atoms with Crippen molar-refractivity contribution in [1.82, 2.24) is 4.98 Å². The van der Waals surface area contributed by atoms with Crippen molar-refractivity contribution in [2.45, 2.75) is 13.0 Å². The van der Waals surface area contributed by atoms with Gasteiger partial charge in [-0.15, -0.1) is 0 Å². The normalized spacial score (nSPS) is 11.8. The van der Waals surface area contributed by atoms with Crippen molar-refractivity contribution in [1.29, 1.82) is 0 Å². The highest BCUT2D eigenvalue weighted by atomic mass is 35.5. The van der Waals surface area contributed by atoms with Crippen molar-refractivity contribution in [2.24, 2.45) is 0 Å². The van der Waals surface area contributed by atoms with E-state index >= 15 is 0 Å². The second-order valence-corrected chi connectivity index (χ2v) is 5.30. The van der Waals surface area contributed by atoms with Crippen molar-refractivity contribution in [3.63, 3.8) is 0 Å². The molecule has 0 spiro atoms. The molecule has 110 valence electrons. The molecule has 1 aromatic carbocycles. The van der Waals surface area contributed by atoms with Gasteiger partial charge in [-0.1, -0.05) is 29.3 Å². The molecule has 0 radical (unpaired) electrons. The van der Waals surface area contributed by atoms with Gasteiger partial charge in [-0.25, -0.2) is 9.78 Å². The van der Waals surface area contributed by atoms with Crippen LogP contribution in [0.3, 0.4) is 0 Å². The van der Waals surface area contributed by atoms with E-state index in [1.54, 1.807) is 30.5 Å². The van der Waals surface area contributed by atoms with Gasteiger partial charge in [0.05, 0.1) is 7.11 Å². The molecule has 1 N–H and O–H groups in total. The Hall–Kier alpha value is -1.78. The molecule has 0 bridgehead atoms. The van der Waals surface area contributed by atoms with Crippen LogP contribution in [0.15, 0.2) is 36.5 Å². The number of methoxy groups -OCH3 is 1. The highest BCUT2D eigenvalue weighted by Crippen LogP contribution is 2.28. The van der Waals surface area contributed by atoms with Gasteiger partial charge in [0.1, 0.15) is 5.69 Å². The second kappa shape index (κ2) is 6.78. The number of hydrogen-bond acceptors (Lipinski definition) is 4. The maximum Gasteiger partial charge on any atom is 0.356 e. The lowest BCUT2D eigenvalue weighted by Gasteiger charge is -2.17. The van der Waals surface area contributed by atoms with Gasteiger partial charge in [0.25, 0.3) is 0 Å². The monoisotopic (exact) mass is 324 g/mol. The molecule has 2 rings (SSSR count). The molecule has 0 amide bonds. The highest BCUT2D eigenvalue weighted by molar-refractivity contribution is 6.35. The van der Waals surface area contributed by atoms with Crippen LogP contribution >= 0.6 is 23.2 Å². The van der Waals surface area contributed by atoms with Crippen molar-refractivity contribution in [3.05, 3.63) is 57.8 Å². The molecule has 0 aliphatic rings. The Morgan fingerprint density at radius 3 is 2.71 bits per heavy atom. The molecule has 1 heterocycles. The highest BCUT2D eigenvalue weighted by Gasteiger charge is 2.12. The van der Waals surface area contributed by atoms with Gasteiger partial charge in [0.2, 0.25) is 0 Å². The zero-order chi connectivity index (χ0) is 15.4. The van der Waals surface area contributed by atoms with Crippen LogP contribution in [0.25, 0.3) is 0 Å². The lowest BCUT2D eigenvalue weighted by molar-refractivity contribution is 0.0594. The number of benzene rings is 1. The van der Waals surface area contributed by atoms with E-state index in [-0.39, 0.29) is 11.7 Å². The number of halogens is 2. The SMILES string of the molecule is COC(=O)c1cc(NC(C)c2ccc(Cl)cc2Cl)ccn1. The number of nitrogens with zero attached hydrogens (tertiary/aromatic N) is 1. The first-order valence-corrected chi connectivity index (χ1v) is 7.02. The third-order valence-corrected chi connectivity index (χ3v) is 3.53. The van der Waals surface area contributed by atoms with Crippen molar-refractivity contribution in [3.8, 4) is 0 Å². The van der Waals surface area contributed by atoms with Crippen LogP contribution in [0, 0.1) is 0 Å². The van der Waals surface area contributed by atoms with E-state index in [0.29, 0.717) is 10.0 Å². The maximum absolute atomic E-state index is 11.5. The van der Waals surface area contributed by atoms with Crippen molar-refractivity contribution >= 4 is 34.9 Å². The average Bonchev–Trinajstić information content (AvgIpc) is 2.46. The Bertz CT molecular complexity index is 662. The van der Waals surface area contributed by atoms with E-state index in [4.69, 9.17) is 23.2 Å². The lowest BCUT2D eigenvalue weighted by atomic mass is 10.1. The number of ether oxygens (including phenoxy) is 1. The summed E-state index contributed by atoms with van der Waals surface area (Å²) in [6.45, 7) is 1.97. The van der Waals surface area contributed by atoms with E-state index in [1.807, 2.05) is 13.0 Å². The number of rotatable bonds is 4. The van der Waals surface area contributed by atoms with Crippen LogP contribution in [0.2, 0.25) is 10.0 Å². The first kappa shape index (κ1) is 15.6. The van der Waals surface area contributed by atoms with E-state index in [9.17, 15) is 4.79 Å². The summed E-state index contributed by atoms with van der Waals surface area (Å²) in [5.41, 5.74) is 1.92. The molecular formula is C15H14Cl2N2O2. The number of aromatic nitrogens is 1. The van der Waals surface area contributed by atoms with Crippen LogP contribution in [0.4, 0.5) is 5.69 Å². The van der Waals surface area contributed by atoms with Gasteiger partial charge in [-0.3, -0.25) is 0 Å². The fourth-order valence-electron chi connectivity index (χ4n) is 1.92. The van der Waals surface area contributed by atoms with Crippen molar-refractivity contribution < 1.29 is 9.53 Å². The van der Waals surface area contributed by atoms with E-state index in [2.05, 4.69) is 15.0 Å². The van der Waals surface area contributed by atoms with Gasteiger partial charge < -0.3 is 10.1 Å². The summed E-state index contributed by atoms with van der Waals surface area (Å²) in [5, 5.41) is 4.44. The summed E-state index contributed by atoms with van der Waals surface area (Å²) >= 11 is 12.1. The number of anilines is 1. The molecule has 1 unspecified atom stereocenters. The fraction of sp³-hybridized carbons (Fsp3) is 0.200. The average molecular weight is 325 g/mol. The predicted octanol–water partition coefficient (Wildman–Crippen LogP) is 4.35. The number of carbonyl (C=O) groups excluding carboxylic acids is 1. The Kier molecular flexibility index (Phi) is 5.04. The van der Waals surface area contributed by atoms with Gasteiger partial charge >= 0.3 is 5.97 Å². The smallest absolute Gasteiger partial charge is 0.356 e. The molecule has 21 heavy (non-hydrogen) atoms. The molecule has 0 saturated carbocycles. The predicted molar refractivity (Wildman–Crippen MR) is 84.1 cm³/mol. The van der Waals surface area contributed by atoms with Crippen LogP contribution in [-0.4, -0.2) is 18.1 Å². The fourth-order valence-corrected chi connectivity index (χ4v) is 2.49. The zero-order valence-electron chi connectivity index (χ0n) is 11.6. The van der Waals surface area contributed by atoms with Gasteiger partial charge in [0, 0.05) is 28.0 Å². The first-order chi connectivity index (χ1) is 10.0. The Morgan fingerprint density at radius 2 is 2.05 bits per heavy atom. The molecule has 6 heteroatoms. The number of hydrogen-bond donors (Lipinski definition) is 1. The first-order valence-electron chi connectivity index (χ1n) is 6.27. The zero-order valence-corrected chi connectivity index (χ0v) is 13.1. The summed E-state index contributed by atoms with van der Waals surface area (Å²) in [4.78, 5) is 15.4. The van der Waals surface area contributed by atoms with Crippen LogP contribution in [0.5, 0.6) is 0 Å². The van der Waals surface area contributed by atoms with E-state index in [0.717, 1.165) is 11.3 Å². The summed E-state index contributed by atoms with van der Waals surface area (Å²) in [5.74, 6) is -0.476. The standard InChI is InChI=1S/C15H14Cl2N2O2/c1-9(12-4-3-10(16)7-13(12)17)19-11-5-6-18-14(8-11)15(20)21-2/h3-9H,1-2H3,(H,18,19). The summed E-state index contributed by atoms with van der Waals surface area (Å²) < 4.78 is 4.65. The Balaban J connectivity index is 2.19. The minimum absolute atomic E-state index is 0.0531. The molecule has 4 nitrogen and oxygen atoms in total. The maximum atomic E-state index is 11.5. The molecule has 2 aromatic rings. The largest absolute Gasteiger partial charge is 0.464 e. The molecule has 0 saturated heterocycles. The molecular weight excluding hydrogens is 311 g/mol. The quantitative estimate of drug-likeness (QED) is 0.849. The Labute approximate surface area is 133 Å². The number of nitrogens with one attached hydrogen (secondary N) is 1. The minimum Gasteiger partial charge on any atom is -0.464 e. The van der Waals surface area contributed by atoms with Crippen LogP contribution in [0.1, 0.15) is 29.0 Å². The molecule has 1 aromatic heterocycles. The number of esters is 1. The van der Waals surface area contributed by atoms with Crippen LogP contribution in [-0.2, 0) is 4.74 Å².